The summed E-state index contributed by atoms with van der Waals surface area (Å²) in [6.45, 7) is 7.04. The second kappa shape index (κ2) is 3.15. The Morgan fingerprint density at radius 3 is 2.76 bits per heavy atom. The lowest BCUT2D eigenvalue weighted by Gasteiger charge is -2.35. The van der Waals surface area contributed by atoms with Crippen molar-refractivity contribution in [2.75, 3.05) is 0 Å². The monoisotopic (exact) mass is 234 g/mol. The first kappa shape index (κ1) is 11.3. The first-order valence-corrected chi connectivity index (χ1v) is 6.83. The normalized spacial score (nSPS) is 46.5. The van der Waals surface area contributed by atoms with E-state index in [4.69, 9.17) is 0 Å². The molecule has 1 N–H and O–H groups in total. The van der Waals surface area contributed by atoms with Gasteiger partial charge >= 0.3 is 5.97 Å². The number of carbonyl (C=O) groups is 1. The summed E-state index contributed by atoms with van der Waals surface area (Å²) in [4.78, 5) is 11.3. The fourth-order valence-electron chi connectivity index (χ4n) is 5.11. The number of aliphatic carboxylic acids is 1. The van der Waals surface area contributed by atoms with Crippen molar-refractivity contribution in [2.45, 2.75) is 46.5 Å². The Kier molecular flexibility index (Phi) is 2.10. The summed E-state index contributed by atoms with van der Waals surface area (Å²) >= 11 is 0. The van der Waals surface area contributed by atoms with Gasteiger partial charge in [0.1, 0.15) is 0 Å². The molecule has 94 valence electrons. The van der Waals surface area contributed by atoms with Crippen molar-refractivity contribution < 1.29 is 9.90 Å². The fourth-order valence-corrected chi connectivity index (χ4v) is 5.11. The van der Waals surface area contributed by atoms with Crippen molar-refractivity contribution in [1.29, 1.82) is 0 Å². The highest BCUT2D eigenvalue weighted by atomic mass is 16.4. The van der Waals surface area contributed by atoms with Gasteiger partial charge in [0.15, 0.2) is 0 Å². The smallest absolute Gasteiger partial charge is 0.331 e. The number of fused-ring (bicyclic) bond motifs is 1. The van der Waals surface area contributed by atoms with Crippen LogP contribution in [-0.4, -0.2) is 11.1 Å². The third-order valence-electron chi connectivity index (χ3n) is 6.19. The van der Waals surface area contributed by atoms with Crippen LogP contribution in [0.1, 0.15) is 46.5 Å². The molecule has 17 heavy (non-hydrogen) atoms. The van der Waals surface area contributed by atoms with Gasteiger partial charge < -0.3 is 5.11 Å². The van der Waals surface area contributed by atoms with Crippen LogP contribution in [0, 0.1) is 28.6 Å². The molecular weight excluding hydrogens is 212 g/mol. The van der Waals surface area contributed by atoms with Crippen LogP contribution < -0.4 is 0 Å². The minimum atomic E-state index is -0.690. The topological polar surface area (TPSA) is 37.3 Å². The summed E-state index contributed by atoms with van der Waals surface area (Å²) in [6, 6.07) is 0. The van der Waals surface area contributed by atoms with Gasteiger partial charge in [-0.05, 0) is 54.3 Å². The Hall–Kier alpha value is -0.790. The molecule has 1 spiro atoms. The molecule has 0 amide bonds. The molecule has 4 atom stereocenters. The van der Waals surface area contributed by atoms with Crippen LogP contribution in [0.3, 0.4) is 0 Å². The van der Waals surface area contributed by atoms with Crippen LogP contribution in [0.4, 0.5) is 0 Å². The van der Waals surface area contributed by atoms with Gasteiger partial charge in [-0.3, -0.25) is 0 Å². The van der Waals surface area contributed by atoms with Gasteiger partial charge in [-0.1, -0.05) is 26.8 Å². The van der Waals surface area contributed by atoms with Crippen molar-refractivity contribution >= 4 is 5.97 Å². The lowest BCUT2D eigenvalue weighted by molar-refractivity contribution is -0.133. The average Bonchev–Trinajstić information content (AvgIpc) is 2.62. The molecule has 0 radical (unpaired) electrons. The zero-order valence-corrected chi connectivity index (χ0v) is 11.0. The van der Waals surface area contributed by atoms with E-state index in [1.54, 1.807) is 0 Å². The summed E-state index contributed by atoms with van der Waals surface area (Å²) in [7, 11) is 0. The standard InChI is InChI=1S/C15H22O2/c1-9-4-5-12-14(2,3)11-6-10(13(16)17)7-15(9,12)8-11/h7,9,11-12H,4-6,8H2,1-3H3,(H,16,17)/t9-,11+,12+,15-/m1/s1. The largest absolute Gasteiger partial charge is 0.478 e. The van der Waals surface area contributed by atoms with Crippen molar-refractivity contribution in [3.8, 4) is 0 Å². The minimum Gasteiger partial charge on any atom is -0.478 e. The van der Waals surface area contributed by atoms with Gasteiger partial charge in [0, 0.05) is 5.57 Å². The van der Waals surface area contributed by atoms with E-state index in [0.29, 0.717) is 28.7 Å². The maximum Gasteiger partial charge on any atom is 0.331 e. The molecule has 3 aliphatic carbocycles. The van der Waals surface area contributed by atoms with Crippen LogP contribution in [0.25, 0.3) is 0 Å². The third-order valence-corrected chi connectivity index (χ3v) is 6.19. The van der Waals surface area contributed by atoms with E-state index in [9.17, 15) is 9.90 Å². The van der Waals surface area contributed by atoms with E-state index in [0.717, 1.165) is 6.42 Å². The summed E-state index contributed by atoms with van der Waals surface area (Å²) < 4.78 is 0. The van der Waals surface area contributed by atoms with E-state index < -0.39 is 5.97 Å². The molecule has 0 heterocycles. The zero-order chi connectivity index (χ0) is 12.4. The van der Waals surface area contributed by atoms with Gasteiger partial charge in [-0.2, -0.15) is 0 Å². The van der Waals surface area contributed by atoms with E-state index in [1.807, 2.05) is 0 Å². The van der Waals surface area contributed by atoms with Gasteiger partial charge in [0.25, 0.3) is 0 Å². The van der Waals surface area contributed by atoms with Crippen molar-refractivity contribution in [2.24, 2.45) is 28.6 Å². The van der Waals surface area contributed by atoms with Crippen LogP contribution in [0.5, 0.6) is 0 Å². The average molecular weight is 234 g/mol. The maximum atomic E-state index is 11.3. The third kappa shape index (κ3) is 1.24. The van der Waals surface area contributed by atoms with Crippen LogP contribution >= 0.6 is 0 Å². The van der Waals surface area contributed by atoms with Crippen molar-refractivity contribution in [1.82, 2.24) is 0 Å². The molecule has 2 fully saturated rings. The quantitative estimate of drug-likeness (QED) is 0.754. The Balaban J connectivity index is 2.11. The predicted octanol–water partition coefficient (Wildman–Crippen LogP) is 3.48. The number of hydrogen-bond donors (Lipinski definition) is 1. The highest BCUT2D eigenvalue weighted by Gasteiger charge is 2.63. The number of hydrogen-bond acceptors (Lipinski definition) is 1. The molecule has 3 rings (SSSR count). The Labute approximate surface area is 103 Å². The van der Waals surface area contributed by atoms with Gasteiger partial charge in [0.2, 0.25) is 0 Å². The van der Waals surface area contributed by atoms with Crippen molar-refractivity contribution in [3.63, 3.8) is 0 Å². The Morgan fingerprint density at radius 1 is 1.41 bits per heavy atom. The lowest BCUT2D eigenvalue weighted by atomic mass is 9.69. The van der Waals surface area contributed by atoms with E-state index in [-0.39, 0.29) is 5.41 Å². The van der Waals surface area contributed by atoms with Crippen LogP contribution in [0.15, 0.2) is 11.6 Å². The molecule has 2 saturated carbocycles. The second-order valence-electron chi connectivity index (χ2n) is 7.04. The molecule has 0 aromatic rings. The predicted molar refractivity (Wildman–Crippen MR) is 66.5 cm³/mol. The summed E-state index contributed by atoms with van der Waals surface area (Å²) in [5.74, 6) is 1.24. The Morgan fingerprint density at radius 2 is 2.12 bits per heavy atom. The molecule has 2 bridgehead atoms. The van der Waals surface area contributed by atoms with Gasteiger partial charge in [0.05, 0.1) is 0 Å². The molecule has 2 heteroatoms. The van der Waals surface area contributed by atoms with Crippen molar-refractivity contribution in [3.05, 3.63) is 11.6 Å². The number of allylic oxidation sites excluding steroid dienone is 1. The number of carboxylic acids is 1. The summed E-state index contributed by atoms with van der Waals surface area (Å²) in [5, 5.41) is 9.31. The molecule has 0 aliphatic heterocycles. The van der Waals surface area contributed by atoms with Gasteiger partial charge in [-0.15, -0.1) is 0 Å². The second-order valence-corrected chi connectivity index (χ2v) is 7.04. The SMILES string of the molecule is C[C@@H]1CC[C@H]2C(C)(C)[C@H]3CC(C(=O)O)=C[C@@]12C3. The number of carboxylic acid groups (broad SMARTS) is 1. The highest BCUT2D eigenvalue weighted by Crippen LogP contribution is 2.70. The first-order valence-electron chi connectivity index (χ1n) is 6.83. The summed E-state index contributed by atoms with van der Waals surface area (Å²) in [5.41, 5.74) is 1.21. The molecule has 0 unspecified atom stereocenters. The van der Waals surface area contributed by atoms with E-state index in [1.165, 1.54) is 19.3 Å². The van der Waals surface area contributed by atoms with Crippen LogP contribution in [0.2, 0.25) is 0 Å². The molecule has 0 saturated heterocycles. The minimum absolute atomic E-state index is 0.208. The maximum absolute atomic E-state index is 11.3. The summed E-state index contributed by atoms with van der Waals surface area (Å²) in [6.07, 6.45) is 6.72. The van der Waals surface area contributed by atoms with Gasteiger partial charge in [-0.25, -0.2) is 4.79 Å². The zero-order valence-electron chi connectivity index (χ0n) is 11.0. The van der Waals surface area contributed by atoms with Crippen LogP contribution in [-0.2, 0) is 4.79 Å². The van der Waals surface area contributed by atoms with E-state index in [2.05, 4.69) is 26.8 Å². The molecule has 2 nitrogen and oxygen atoms in total. The molecular formula is C15H22O2. The molecule has 0 aromatic carbocycles. The number of rotatable bonds is 1. The first-order chi connectivity index (χ1) is 7.88. The van der Waals surface area contributed by atoms with E-state index >= 15 is 0 Å². The highest BCUT2D eigenvalue weighted by molar-refractivity contribution is 5.87. The molecule has 3 aliphatic rings. The Bertz CT molecular complexity index is 407. The lowest BCUT2D eigenvalue weighted by Crippen LogP contribution is -2.29. The molecule has 0 aromatic heterocycles. The fraction of sp³-hybridized carbons (Fsp3) is 0.800.